The minimum atomic E-state index is -0.485. The van der Waals surface area contributed by atoms with Gasteiger partial charge in [0.15, 0.2) is 5.65 Å². The van der Waals surface area contributed by atoms with Crippen LogP contribution >= 0.6 is 0 Å². The van der Waals surface area contributed by atoms with Gasteiger partial charge in [-0.15, -0.1) is 5.10 Å². The minimum absolute atomic E-state index is 0.203. The molecule has 0 aliphatic rings. The highest BCUT2D eigenvalue weighted by Crippen LogP contribution is 2.23. The molecule has 0 saturated heterocycles. The molecule has 3 rings (SSSR count). The van der Waals surface area contributed by atoms with E-state index in [0.717, 1.165) is 15.6 Å². The molecule has 0 fully saturated rings. The Morgan fingerprint density at radius 1 is 1.30 bits per heavy atom. The zero-order valence-electron chi connectivity index (χ0n) is 13.2. The van der Waals surface area contributed by atoms with Gasteiger partial charge in [0, 0.05) is 5.39 Å². The predicted molar refractivity (Wildman–Crippen MR) is 84.9 cm³/mol. The summed E-state index contributed by atoms with van der Waals surface area (Å²) in [5, 5.41) is 5.13. The second-order valence-corrected chi connectivity index (χ2v) is 5.16. The maximum atomic E-state index is 12.6. The van der Waals surface area contributed by atoms with Crippen LogP contribution < -0.4 is 10.4 Å². The predicted octanol–water partition coefficient (Wildman–Crippen LogP) is 1.53. The molecule has 0 aliphatic heterocycles. The van der Waals surface area contributed by atoms with Crippen molar-refractivity contribution in [1.82, 2.24) is 14.2 Å². The zero-order chi connectivity index (χ0) is 16.6. The van der Waals surface area contributed by atoms with Crippen molar-refractivity contribution in [1.29, 1.82) is 0 Å². The van der Waals surface area contributed by atoms with E-state index >= 15 is 0 Å². The molecular formula is C16H17N3O4. The van der Waals surface area contributed by atoms with Gasteiger partial charge in [0.1, 0.15) is 12.3 Å². The van der Waals surface area contributed by atoms with Crippen LogP contribution in [-0.2, 0) is 16.1 Å². The fourth-order valence-corrected chi connectivity index (χ4v) is 2.59. The summed E-state index contributed by atoms with van der Waals surface area (Å²) in [5.74, 6) is 0.227. The fourth-order valence-electron chi connectivity index (χ4n) is 2.59. The third-order valence-electron chi connectivity index (χ3n) is 3.62. The highest BCUT2D eigenvalue weighted by Gasteiger charge is 2.15. The second-order valence-electron chi connectivity index (χ2n) is 5.16. The van der Waals surface area contributed by atoms with Crippen LogP contribution in [0.4, 0.5) is 0 Å². The van der Waals surface area contributed by atoms with E-state index in [-0.39, 0.29) is 18.8 Å². The number of hydrogen-bond donors (Lipinski definition) is 0. The molecule has 0 radical (unpaired) electrons. The fraction of sp³-hybridized carbons (Fsp3) is 0.312. The number of rotatable bonds is 4. The number of carbonyl (C=O) groups excluding carboxylic acids is 1. The van der Waals surface area contributed by atoms with Gasteiger partial charge in [-0.1, -0.05) is 0 Å². The average Bonchev–Trinajstić information content (AvgIpc) is 2.85. The van der Waals surface area contributed by atoms with Gasteiger partial charge in [-0.2, -0.15) is 0 Å². The highest BCUT2D eigenvalue weighted by molar-refractivity contribution is 5.84. The largest absolute Gasteiger partial charge is 0.497 e. The van der Waals surface area contributed by atoms with Crippen LogP contribution in [0, 0.1) is 6.92 Å². The number of aryl methyl sites for hydroxylation is 1. The third-order valence-corrected chi connectivity index (χ3v) is 3.62. The van der Waals surface area contributed by atoms with Gasteiger partial charge in [0.25, 0.3) is 0 Å². The first-order valence-electron chi connectivity index (χ1n) is 7.27. The van der Waals surface area contributed by atoms with Crippen LogP contribution in [0.5, 0.6) is 5.75 Å². The van der Waals surface area contributed by atoms with E-state index in [1.807, 2.05) is 19.1 Å². The summed E-state index contributed by atoms with van der Waals surface area (Å²) in [6, 6.07) is 7.38. The van der Waals surface area contributed by atoms with E-state index in [4.69, 9.17) is 9.47 Å². The Hall–Kier alpha value is -2.83. The number of fused-ring (bicyclic) bond motifs is 3. The van der Waals surface area contributed by atoms with Gasteiger partial charge < -0.3 is 9.47 Å². The van der Waals surface area contributed by atoms with E-state index in [9.17, 15) is 9.59 Å². The minimum Gasteiger partial charge on any atom is -0.497 e. The maximum Gasteiger partial charge on any atom is 0.351 e. The van der Waals surface area contributed by atoms with Crippen molar-refractivity contribution in [2.24, 2.45) is 0 Å². The molecule has 120 valence electrons. The quantitative estimate of drug-likeness (QED) is 0.683. The standard InChI is InChI=1S/C16H17N3O4/c1-4-23-14(20)9-18-16(21)19-13-6-5-12(22-3)8-11(13)7-10(2)15(19)17-18/h5-8H,4,9H2,1-3H3. The Kier molecular flexibility index (Phi) is 3.77. The van der Waals surface area contributed by atoms with Crippen LogP contribution in [0.1, 0.15) is 12.5 Å². The molecule has 0 unspecified atom stereocenters. The molecule has 7 nitrogen and oxygen atoms in total. The number of methoxy groups -OCH3 is 1. The van der Waals surface area contributed by atoms with E-state index < -0.39 is 5.97 Å². The van der Waals surface area contributed by atoms with Crippen LogP contribution in [-0.4, -0.2) is 33.9 Å². The van der Waals surface area contributed by atoms with Gasteiger partial charge in [0.2, 0.25) is 0 Å². The molecule has 0 N–H and O–H groups in total. The number of ether oxygens (including phenoxy) is 2. The molecule has 0 saturated carbocycles. The van der Waals surface area contributed by atoms with Crippen LogP contribution in [0.15, 0.2) is 29.1 Å². The first kappa shape index (κ1) is 15.1. The summed E-state index contributed by atoms with van der Waals surface area (Å²) in [6.07, 6.45) is 0. The molecule has 0 bridgehead atoms. The zero-order valence-corrected chi connectivity index (χ0v) is 13.2. The van der Waals surface area contributed by atoms with Crippen LogP contribution in [0.2, 0.25) is 0 Å². The lowest BCUT2D eigenvalue weighted by molar-refractivity contribution is -0.144. The van der Waals surface area contributed by atoms with Gasteiger partial charge >= 0.3 is 11.7 Å². The Bertz CT molecular complexity index is 955. The molecule has 0 spiro atoms. The van der Waals surface area contributed by atoms with Crippen molar-refractivity contribution in [3.63, 3.8) is 0 Å². The van der Waals surface area contributed by atoms with Crippen LogP contribution in [0.25, 0.3) is 16.6 Å². The normalized spacial score (nSPS) is 11.1. The summed E-state index contributed by atoms with van der Waals surface area (Å²) >= 11 is 0. The van der Waals surface area contributed by atoms with Crippen molar-refractivity contribution in [3.8, 4) is 5.75 Å². The monoisotopic (exact) mass is 315 g/mol. The number of pyridine rings is 1. The number of hydrogen-bond acceptors (Lipinski definition) is 5. The Labute approximate surface area is 132 Å². The molecular weight excluding hydrogens is 298 g/mol. The van der Waals surface area contributed by atoms with Crippen molar-refractivity contribution in [2.45, 2.75) is 20.4 Å². The maximum absolute atomic E-state index is 12.6. The molecule has 2 aromatic heterocycles. The topological polar surface area (TPSA) is 74.8 Å². The lowest BCUT2D eigenvalue weighted by Gasteiger charge is -2.05. The van der Waals surface area contributed by atoms with E-state index in [2.05, 4.69) is 5.10 Å². The van der Waals surface area contributed by atoms with Gasteiger partial charge in [0.05, 0.1) is 19.2 Å². The number of benzene rings is 1. The van der Waals surface area contributed by atoms with E-state index in [1.165, 1.54) is 4.40 Å². The molecule has 23 heavy (non-hydrogen) atoms. The Morgan fingerprint density at radius 3 is 2.78 bits per heavy atom. The molecule has 7 heteroatoms. The number of aromatic nitrogens is 3. The summed E-state index contributed by atoms with van der Waals surface area (Å²) in [5.41, 5.74) is 1.71. The third kappa shape index (κ3) is 2.54. The smallest absolute Gasteiger partial charge is 0.351 e. The van der Waals surface area contributed by atoms with Crippen molar-refractivity contribution >= 4 is 22.5 Å². The summed E-state index contributed by atoms with van der Waals surface area (Å²) in [6.45, 7) is 3.65. The SMILES string of the molecule is CCOC(=O)Cn1nc2c(C)cc3cc(OC)ccc3n2c1=O. The second kappa shape index (κ2) is 5.75. The first-order chi connectivity index (χ1) is 11.0. The average molecular weight is 315 g/mol. The number of carbonyl (C=O) groups is 1. The van der Waals surface area contributed by atoms with Crippen molar-refractivity contribution in [3.05, 3.63) is 40.3 Å². The molecule has 0 aliphatic carbocycles. The van der Waals surface area contributed by atoms with Crippen molar-refractivity contribution in [2.75, 3.05) is 13.7 Å². The number of nitrogens with zero attached hydrogens (tertiary/aromatic N) is 3. The Morgan fingerprint density at radius 2 is 2.09 bits per heavy atom. The lowest BCUT2D eigenvalue weighted by atomic mass is 10.1. The van der Waals surface area contributed by atoms with E-state index in [1.54, 1.807) is 26.2 Å². The van der Waals surface area contributed by atoms with Gasteiger partial charge in [-0.05, 0) is 43.7 Å². The molecule has 0 atom stereocenters. The highest BCUT2D eigenvalue weighted by atomic mass is 16.5. The van der Waals surface area contributed by atoms with Gasteiger partial charge in [-0.25, -0.2) is 13.9 Å². The Balaban J connectivity index is 2.23. The molecule has 1 aromatic carbocycles. The molecule has 2 heterocycles. The van der Waals surface area contributed by atoms with Crippen molar-refractivity contribution < 1.29 is 14.3 Å². The number of esters is 1. The van der Waals surface area contributed by atoms with Crippen LogP contribution in [0.3, 0.4) is 0 Å². The molecule has 0 amide bonds. The summed E-state index contributed by atoms with van der Waals surface area (Å²) in [4.78, 5) is 24.2. The summed E-state index contributed by atoms with van der Waals surface area (Å²) < 4.78 is 12.7. The lowest BCUT2D eigenvalue weighted by Crippen LogP contribution is -2.26. The van der Waals surface area contributed by atoms with Gasteiger partial charge in [-0.3, -0.25) is 4.79 Å². The molecule has 3 aromatic rings. The first-order valence-corrected chi connectivity index (χ1v) is 7.27. The van der Waals surface area contributed by atoms with E-state index in [0.29, 0.717) is 16.9 Å². The summed E-state index contributed by atoms with van der Waals surface area (Å²) in [7, 11) is 1.59.